The molecule has 0 radical (unpaired) electrons. The fourth-order valence-corrected chi connectivity index (χ4v) is 1.98. The second-order valence-corrected chi connectivity index (χ2v) is 4.56. The van der Waals surface area contributed by atoms with Crippen molar-refractivity contribution in [2.75, 3.05) is 19.0 Å². The zero-order valence-electron chi connectivity index (χ0n) is 10.8. The van der Waals surface area contributed by atoms with Crippen LogP contribution in [0.15, 0.2) is 0 Å². The monoisotopic (exact) mass is 247 g/mol. The summed E-state index contributed by atoms with van der Waals surface area (Å²) in [5.74, 6) is 0.800. The number of alkyl halides is 1. The number of rotatable bonds is 10. The van der Waals surface area contributed by atoms with Gasteiger partial charge in [-0.1, -0.05) is 39.0 Å². The lowest BCUT2D eigenvalue weighted by Crippen LogP contribution is -2.32. The first-order valence-electron chi connectivity index (χ1n) is 6.60. The quantitative estimate of drug-likeness (QED) is 0.425. The Labute approximate surface area is 105 Å². The second kappa shape index (κ2) is 11.3. The van der Waals surface area contributed by atoms with Crippen LogP contribution >= 0.6 is 11.6 Å². The second-order valence-electron chi connectivity index (χ2n) is 4.18. The predicted octanol–water partition coefficient (Wildman–Crippen LogP) is 3.82. The van der Waals surface area contributed by atoms with Gasteiger partial charge in [-0.3, -0.25) is 4.79 Å². The molecule has 0 saturated heterocycles. The minimum Gasteiger partial charge on any atom is -0.342 e. The predicted molar refractivity (Wildman–Crippen MR) is 71.0 cm³/mol. The highest BCUT2D eigenvalue weighted by Crippen LogP contribution is 2.08. The number of hydrogen-bond acceptors (Lipinski definition) is 1. The van der Waals surface area contributed by atoms with Crippen LogP contribution in [0.1, 0.15) is 58.8 Å². The first kappa shape index (κ1) is 15.8. The van der Waals surface area contributed by atoms with Gasteiger partial charge in [0.2, 0.25) is 5.91 Å². The van der Waals surface area contributed by atoms with Gasteiger partial charge in [-0.2, -0.15) is 0 Å². The molecule has 0 aliphatic carbocycles. The van der Waals surface area contributed by atoms with Gasteiger partial charge in [0.1, 0.15) is 0 Å². The third-order valence-corrected chi connectivity index (χ3v) is 3.00. The van der Waals surface area contributed by atoms with E-state index in [0.29, 0.717) is 18.8 Å². The van der Waals surface area contributed by atoms with E-state index in [1.54, 1.807) is 0 Å². The van der Waals surface area contributed by atoms with Gasteiger partial charge < -0.3 is 4.90 Å². The van der Waals surface area contributed by atoms with Crippen molar-refractivity contribution in [3.8, 4) is 0 Å². The average molecular weight is 248 g/mol. The molecule has 0 unspecified atom stereocenters. The van der Waals surface area contributed by atoms with Gasteiger partial charge in [-0.05, 0) is 13.3 Å². The zero-order chi connectivity index (χ0) is 12.2. The minimum atomic E-state index is 0.263. The van der Waals surface area contributed by atoms with Gasteiger partial charge in [-0.25, -0.2) is 0 Å². The maximum Gasteiger partial charge on any atom is 0.222 e. The highest BCUT2D eigenvalue weighted by Gasteiger charge is 2.09. The minimum absolute atomic E-state index is 0.263. The molecule has 0 aliphatic heterocycles. The van der Waals surface area contributed by atoms with Gasteiger partial charge in [0, 0.05) is 25.4 Å². The van der Waals surface area contributed by atoms with Gasteiger partial charge in [0.05, 0.1) is 0 Å². The Morgan fingerprint density at radius 3 is 2.25 bits per heavy atom. The normalized spacial score (nSPS) is 10.4. The molecule has 16 heavy (non-hydrogen) atoms. The third-order valence-electron chi connectivity index (χ3n) is 2.83. The van der Waals surface area contributed by atoms with Crippen LogP contribution in [0.2, 0.25) is 0 Å². The maximum absolute atomic E-state index is 11.7. The van der Waals surface area contributed by atoms with Crippen LogP contribution in [-0.2, 0) is 4.79 Å². The van der Waals surface area contributed by atoms with Gasteiger partial charge >= 0.3 is 0 Å². The summed E-state index contributed by atoms with van der Waals surface area (Å²) in [5, 5.41) is 0. The Balaban J connectivity index is 3.47. The van der Waals surface area contributed by atoms with Crippen LogP contribution in [0, 0.1) is 0 Å². The topological polar surface area (TPSA) is 20.3 Å². The highest BCUT2D eigenvalue weighted by molar-refractivity contribution is 6.18. The Bertz CT molecular complexity index is 173. The van der Waals surface area contributed by atoms with E-state index in [1.807, 2.05) is 11.8 Å². The summed E-state index contributed by atoms with van der Waals surface area (Å²) < 4.78 is 0. The molecule has 0 saturated carbocycles. The van der Waals surface area contributed by atoms with Gasteiger partial charge in [0.15, 0.2) is 0 Å². The van der Waals surface area contributed by atoms with Crippen molar-refractivity contribution >= 4 is 17.5 Å². The molecule has 0 aromatic carbocycles. The summed E-state index contributed by atoms with van der Waals surface area (Å²) in [6, 6.07) is 0. The molecule has 0 rings (SSSR count). The summed E-state index contributed by atoms with van der Waals surface area (Å²) in [7, 11) is 0. The lowest BCUT2D eigenvalue weighted by molar-refractivity contribution is -0.130. The van der Waals surface area contributed by atoms with E-state index in [0.717, 1.165) is 13.0 Å². The Morgan fingerprint density at radius 1 is 1.06 bits per heavy atom. The molecule has 0 spiro atoms. The number of carbonyl (C=O) groups excluding carboxylic acids is 1. The fraction of sp³-hybridized carbons (Fsp3) is 0.923. The number of hydrogen-bond donors (Lipinski definition) is 0. The SMILES string of the molecule is CCCCCCCCC(=O)N(CC)CCCl. The zero-order valence-corrected chi connectivity index (χ0v) is 11.6. The van der Waals surface area contributed by atoms with Crippen molar-refractivity contribution in [2.45, 2.75) is 58.8 Å². The van der Waals surface area contributed by atoms with E-state index in [4.69, 9.17) is 11.6 Å². The number of halogens is 1. The molecular weight excluding hydrogens is 222 g/mol. The van der Waals surface area contributed by atoms with Crippen LogP contribution in [0.25, 0.3) is 0 Å². The van der Waals surface area contributed by atoms with Crippen molar-refractivity contribution in [2.24, 2.45) is 0 Å². The van der Waals surface area contributed by atoms with Crippen LogP contribution < -0.4 is 0 Å². The highest BCUT2D eigenvalue weighted by atomic mass is 35.5. The molecule has 0 aromatic rings. The molecule has 0 atom stereocenters. The van der Waals surface area contributed by atoms with Gasteiger partial charge in [-0.15, -0.1) is 11.6 Å². The van der Waals surface area contributed by atoms with Crippen LogP contribution in [0.3, 0.4) is 0 Å². The lowest BCUT2D eigenvalue weighted by atomic mass is 10.1. The van der Waals surface area contributed by atoms with Crippen molar-refractivity contribution in [1.29, 1.82) is 0 Å². The van der Waals surface area contributed by atoms with Crippen LogP contribution in [-0.4, -0.2) is 29.8 Å². The molecule has 96 valence electrons. The summed E-state index contributed by atoms with van der Waals surface area (Å²) in [6.45, 7) is 5.69. The van der Waals surface area contributed by atoms with Crippen LogP contribution in [0.4, 0.5) is 0 Å². The molecular formula is C13H26ClNO. The first-order valence-corrected chi connectivity index (χ1v) is 7.13. The maximum atomic E-state index is 11.7. The first-order chi connectivity index (χ1) is 7.76. The Kier molecular flexibility index (Phi) is 11.1. The molecule has 0 aromatic heterocycles. The third kappa shape index (κ3) is 7.98. The number of nitrogens with zero attached hydrogens (tertiary/aromatic N) is 1. The van der Waals surface area contributed by atoms with E-state index in [1.165, 1.54) is 32.1 Å². The average Bonchev–Trinajstić information content (AvgIpc) is 2.30. The molecule has 0 heterocycles. The molecule has 1 amide bonds. The number of unbranched alkanes of at least 4 members (excludes halogenated alkanes) is 5. The summed E-state index contributed by atoms with van der Waals surface area (Å²) in [5.41, 5.74) is 0. The summed E-state index contributed by atoms with van der Waals surface area (Å²) in [4.78, 5) is 13.6. The number of carbonyl (C=O) groups is 1. The van der Waals surface area contributed by atoms with E-state index < -0.39 is 0 Å². The molecule has 0 bridgehead atoms. The number of amides is 1. The largest absolute Gasteiger partial charge is 0.342 e. The molecule has 0 N–H and O–H groups in total. The molecule has 0 aliphatic rings. The van der Waals surface area contributed by atoms with Crippen molar-refractivity contribution < 1.29 is 4.79 Å². The Hall–Kier alpha value is -0.240. The molecule has 0 fully saturated rings. The molecule has 3 heteroatoms. The fourth-order valence-electron chi connectivity index (χ4n) is 1.78. The van der Waals surface area contributed by atoms with Crippen molar-refractivity contribution in [3.05, 3.63) is 0 Å². The van der Waals surface area contributed by atoms with Crippen molar-refractivity contribution in [1.82, 2.24) is 4.90 Å². The lowest BCUT2D eigenvalue weighted by Gasteiger charge is -2.19. The van der Waals surface area contributed by atoms with E-state index >= 15 is 0 Å². The molecule has 2 nitrogen and oxygen atoms in total. The Morgan fingerprint density at radius 2 is 1.69 bits per heavy atom. The smallest absolute Gasteiger partial charge is 0.222 e. The summed E-state index contributed by atoms with van der Waals surface area (Å²) >= 11 is 5.64. The van der Waals surface area contributed by atoms with Crippen LogP contribution in [0.5, 0.6) is 0 Å². The van der Waals surface area contributed by atoms with E-state index in [-0.39, 0.29) is 5.91 Å². The van der Waals surface area contributed by atoms with Crippen molar-refractivity contribution in [3.63, 3.8) is 0 Å². The summed E-state index contributed by atoms with van der Waals surface area (Å²) in [6.07, 6.45) is 8.08. The van der Waals surface area contributed by atoms with E-state index in [2.05, 4.69) is 6.92 Å². The van der Waals surface area contributed by atoms with Gasteiger partial charge in [0.25, 0.3) is 0 Å². The van der Waals surface area contributed by atoms with E-state index in [9.17, 15) is 4.79 Å². The standard InChI is InChI=1S/C13H26ClNO/c1-3-5-6-7-8-9-10-13(16)15(4-2)12-11-14/h3-12H2,1-2H3.